The maximum Gasteiger partial charge on any atom is 0.307 e. The number of aryl methyl sites for hydroxylation is 1. The molecule has 1 aromatic heterocycles. The van der Waals surface area contributed by atoms with E-state index in [1.54, 1.807) is 11.3 Å². The molecule has 0 amide bonds. The van der Waals surface area contributed by atoms with Crippen molar-refractivity contribution in [1.29, 1.82) is 0 Å². The molecule has 17 heavy (non-hydrogen) atoms. The Morgan fingerprint density at radius 3 is 3.18 bits per heavy atom. The van der Waals surface area contributed by atoms with Crippen LogP contribution in [0.2, 0.25) is 0 Å². The van der Waals surface area contributed by atoms with Crippen LogP contribution in [0.5, 0.6) is 0 Å². The van der Waals surface area contributed by atoms with Crippen molar-refractivity contribution in [2.45, 2.75) is 32.7 Å². The van der Waals surface area contributed by atoms with Crippen molar-refractivity contribution < 1.29 is 9.90 Å². The lowest BCUT2D eigenvalue weighted by Gasteiger charge is -2.12. The Hall–Kier alpha value is -0.940. The summed E-state index contributed by atoms with van der Waals surface area (Å²) >= 11 is 1.71. The van der Waals surface area contributed by atoms with E-state index in [1.807, 2.05) is 0 Å². The van der Waals surface area contributed by atoms with E-state index in [2.05, 4.69) is 22.2 Å². The molecule has 1 aliphatic heterocycles. The molecule has 1 N–H and O–H groups in total. The van der Waals surface area contributed by atoms with E-state index in [0.29, 0.717) is 6.54 Å². The summed E-state index contributed by atoms with van der Waals surface area (Å²) in [7, 11) is 0. The smallest absolute Gasteiger partial charge is 0.307 e. The van der Waals surface area contributed by atoms with Gasteiger partial charge >= 0.3 is 5.97 Å². The molecule has 4 nitrogen and oxygen atoms in total. The number of carbonyl (C=O) groups is 1. The molecular weight excluding hydrogens is 236 g/mol. The van der Waals surface area contributed by atoms with Crippen LogP contribution in [0.1, 0.15) is 30.5 Å². The third-order valence-corrected chi connectivity index (χ3v) is 4.03. The average Bonchev–Trinajstić information content (AvgIpc) is 2.89. The van der Waals surface area contributed by atoms with Crippen LogP contribution >= 0.6 is 11.3 Å². The molecule has 0 saturated carbocycles. The molecule has 2 rings (SSSR count). The predicted octanol–water partition coefficient (Wildman–Crippen LogP) is 2.00. The second-order valence-electron chi connectivity index (χ2n) is 4.54. The van der Waals surface area contributed by atoms with Crippen LogP contribution in [0, 0.1) is 5.92 Å². The van der Waals surface area contributed by atoms with Crippen LogP contribution in [0.3, 0.4) is 0 Å². The third kappa shape index (κ3) is 3.26. The SMILES string of the molecule is CCCc1nc(CN2CCC(C(=O)O)C2)cs1. The zero-order chi connectivity index (χ0) is 12.3. The van der Waals surface area contributed by atoms with Crippen molar-refractivity contribution in [1.82, 2.24) is 9.88 Å². The Bertz CT molecular complexity index is 392. The Morgan fingerprint density at radius 1 is 1.71 bits per heavy atom. The van der Waals surface area contributed by atoms with Gasteiger partial charge in [0.1, 0.15) is 0 Å². The van der Waals surface area contributed by atoms with Gasteiger partial charge < -0.3 is 5.11 Å². The first kappa shape index (κ1) is 12.5. The lowest BCUT2D eigenvalue weighted by atomic mass is 10.1. The van der Waals surface area contributed by atoms with Crippen LogP contribution in [-0.4, -0.2) is 34.0 Å². The number of aliphatic carboxylic acids is 1. The highest BCUT2D eigenvalue weighted by Crippen LogP contribution is 2.20. The quantitative estimate of drug-likeness (QED) is 0.873. The summed E-state index contributed by atoms with van der Waals surface area (Å²) in [6, 6.07) is 0. The van der Waals surface area contributed by atoms with Gasteiger partial charge in [-0.3, -0.25) is 9.69 Å². The van der Waals surface area contributed by atoms with Gasteiger partial charge in [-0.05, 0) is 25.8 Å². The van der Waals surface area contributed by atoms with Crippen LogP contribution in [-0.2, 0) is 17.8 Å². The Morgan fingerprint density at radius 2 is 2.53 bits per heavy atom. The van der Waals surface area contributed by atoms with E-state index >= 15 is 0 Å². The lowest BCUT2D eigenvalue weighted by molar-refractivity contribution is -0.141. The highest BCUT2D eigenvalue weighted by atomic mass is 32.1. The molecule has 0 radical (unpaired) electrons. The van der Waals surface area contributed by atoms with E-state index in [1.165, 1.54) is 5.01 Å². The lowest BCUT2D eigenvalue weighted by Crippen LogP contribution is -2.22. The molecule has 94 valence electrons. The molecule has 0 aliphatic carbocycles. The highest BCUT2D eigenvalue weighted by Gasteiger charge is 2.28. The predicted molar refractivity (Wildman–Crippen MR) is 67.1 cm³/mol. The number of carboxylic acid groups (broad SMARTS) is 1. The normalized spacial score (nSPS) is 20.9. The second-order valence-corrected chi connectivity index (χ2v) is 5.48. The number of nitrogens with zero attached hydrogens (tertiary/aromatic N) is 2. The van der Waals surface area contributed by atoms with Gasteiger partial charge in [0.15, 0.2) is 0 Å². The van der Waals surface area contributed by atoms with Crippen molar-refractivity contribution in [3.05, 3.63) is 16.1 Å². The summed E-state index contributed by atoms with van der Waals surface area (Å²) < 4.78 is 0. The molecule has 2 heterocycles. The molecule has 1 saturated heterocycles. The fraction of sp³-hybridized carbons (Fsp3) is 0.667. The van der Waals surface area contributed by atoms with E-state index in [-0.39, 0.29) is 5.92 Å². The minimum atomic E-state index is -0.669. The van der Waals surface area contributed by atoms with E-state index in [4.69, 9.17) is 5.11 Å². The summed E-state index contributed by atoms with van der Waals surface area (Å²) in [6.45, 7) is 4.48. The minimum Gasteiger partial charge on any atom is -0.481 e. The van der Waals surface area contributed by atoms with E-state index < -0.39 is 5.97 Å². The molecule has 0 spiro atoms. The summed E-state index contributed by atoms with van der Waals surface area (Å²) in [5, 5.41) is 12.2. The number of thiazole rings is 1. The number of hydrogen-bond donors (Lipinski definition) is 1. The Labute approximate surface area is 105 Å². The highest BCUT2D eigenvalue weighted by molar-refractivity contribution is 7.09. The standard InChI is InChI=1S/C12H18N2O2S/c1-2-3-11-13-10(8-17-11)7-14-5-4-9(6-14)12(15)16/h8-9H,2-7H2,1H3,(H,15,16). The van der Waals surface area contributed by atoms with Gasteiger partial charge in [-0.2, -0.15) is 0 Å². The van der Waals surface area contributed by atoms with Crippen LogP contribution in [0.4, 0.5) is 0 Å². The molecule has 1 unspecified atom stereocenters. The van der Waals surface area contributed by atoms with Crippen molar-refractivity contribution in [3.8, 4) is 0 Å². The number of hydrogen-bond acceptors (Lipinski definition) is 4. The Kier molecular flexibility index (Phi) is 4.12. The summed E-state index contributed by atoms with van der Waals surface area (Å²) in [4.78, 5) is 17.6. The summed E-state index contributed by atoms with van der Waals surface area (Å²) in [5.41, 5.74) is 1.09. The maximum atomic E-state index is 10.8. The second kappa shape index (κ2) is 5.60. The van der Waals surface area contributed by atoms with E-state index in [0.717, 1.165) is 38.0 Å². The van der Waals surface area contributed by atoms with Gasteiger partial charge in [-0.1, -0.05) is 6.92 Å². The van der Waals surface area contributed by atoms with Gasteiger partial charge in [0.25, 0.3) is 0 Å². The van der Waals surface area contributed by atoms with Crippen LogP contribution in [0.25, 0.3) is 0 Å². The van der Waals surface area contributed by atoms with Crippen LogP contribution < -0.4 is 0 Å². The van der Waals surface area contributed by atoms with E-state index in [9.17, 15) is 4.79 Å². The van der Waals surface area contributed by atoms with Crippen molar-refractivity contribution in [3.63, 3.8) is 0 Å². The molecule has 0 aromatic carbocycles. The number of rotatable bonds is 5. The molecule has 1 atom stereocenters. The number of aromatic nitrogens is 1. The van der Waals surface area contributed by atoms with Crippen molar-refractivity contribution >= 4 is 17.3 Å². The van der Waals surface area contributed by atoms with Gasteiger partial charge in [-0.25, -0.2) is 4.98 Å². The van der Waals surface area contributed by atoms with Gasteiger partial charge in [-0.15, -0.1) is 11.3 Å². The Balaban J connectivity index is 1.86. The molecule has 5 heteroatoms. The van der Waals surface area contributed by atoms with Gasteiger partial charge in [0, 0.05) is 18.5 Å². The topological polar surface area (TPSA) is 53.4 Å². The largest absolute Gasteiger partial charge is 0.481 e. The zero-order valence-corrected chi connectivity index (χ0v) is 10.9. The molecule has 0 bridgehead atoms. The fourth-order valence-corrected chi connectivity index (χ4v) is 3.05. The third-order valence-electron chi connectivity index (χ3n) is 3.07. The first-order chi connectivity index (χ1) is 8.19. The number of likely N-dealkylation sites (tertiary alicyclic amines) is 1. The fourth-order valence-electron chi connectivity index (χ4n) is 2.16. The molecule has 1 fully saturated rings. The molecular formula is C12H18N2O2S. The first-order valence-electron chi connectivity index (χ1n) is 6.07. The van der Waals surface area contributed by atoms with Crippen molar-refractivity contribution in [2.75, 3.05) is 13.1 Å². The first-order valence-corrected chi connectivity index (χ1v) is 6.95. The summed E-state index contributed by atoms with van der Waals surface area (Å²) in [6.07, 6.45) is 2.93. The van der Waals surface area contributed by atoms with Crippen molar-refractivity contribution in [2.24, 2.45) is 5.92 Å². The average molecular weight is 254 g/mol. The van der Waals surface area contributed by atoms with Gasteiger partial charge in [0.2, 0.25) is 0 Å². The maximum absolute atomic E-state index is 10.8. The molecule has 1 aliphatic rings. The number of carboxylic acids is 1. The minimum absolute atomic E-state index is 0.191. The summed E-state index contributed by atoms with van der Waals surface area (Å²) in [5.74, 6) is -0.860. The van der Waals surface area contributed by atoms with Gasteiger partial charge in [0.05, 0.1) is 16.6 Å². The molecule has 1 aromatic rings. The zero-order valence-electron chi connectivity index (χ0n) is 10.1. The monoisotopic (exact) mass is 254 g/mol. The van der Waals surface area contributed by atoms with Crippen LogP contribution in [0.15, 0.2) is 5.38 Å².